The van der Waals surface area contributed by atoms with E-state index in [0.29, 0.717) is 24.9 Å². The van der Waals surface area contributed by atoms with Gasteiger partial charge < -0.3 is 0 Å². The first-order valence-electron chi connectivity index (χ1n) is 5.95. The maximum atomic E-state index is 11.9. The molecule has 0 bridgehead atoms. The van der Waals surface area contributed by atoms with E-state index in [1.165, 1.54) is 15.6 Å². The molecule has 0 saturated carbocycles. The summed E-state index contributed by atoms with van der Waals surface area (Å²) in [6.45, 7) is 0.460. The zero-order valence-electron chi connectivity index (χ0n) is 10.5. The minimum absolute atomic E-state index is 0.0801. The van der Waals surface area contributed by atoms with Crippen molar-refractivity contribution in [1.29, 1.82) is 0 Å². The summed E-state index contributed by atoms with van der Waals surface area (Å²) in [6, 6.07) is 7.27. The largest absolute Gasteiger partial charge is 0.345 e. The van der Waals surface area contributed by atoms with Crippen molar-refractivity contribution in [2.75, 3.05) is 0 Å². The third-order valence-electron chi connectivity index (χ3n) is 2.83. The maximum absolute atomic E-state index is 11.9. The Kier molecular flexibility index (Phi) is 4.31. The van der Waals surface area contributed by atoms with Gasteiger partial charge in [0.25, 0.3) is 0 Å². The topological polar surface area (TPSA) is 56.9 Å². The van der Waals surface area contributed by atoms with Crippen molar-refractivity contribution < 1.29 is 4.79 Å². The van der Waals surface area contributed by atoms with Gasteiger partial charge in [0.1, 0.15) is 6.33 Å². The molecule has 5 nitrogen and oxygen atoms in total. The van der Waals surface area contributed by atoms with Crippen LogP contribution >= 0.6 is 15.9 Å². The highest BCUT2D eigenvalue weighted by Crippen LogP contribution is 2.12. The predicted molar refractivity (Wildman–Crippen MR) is 75.2 cm³/mol. The van der Waals surface area contributed by atoms with Gasteiger partial charge in [-0.3, -0.25) is 9.36 Å². The molecule has 0 spiro atoms. The molecule has 1 aromatic carbocycles. The van der Waals surface area contributed by atoms with E-state index >= 15 is 0 Å². The molecule has 6 heteroatoms. The number of Topliss-reactive ketones (excluding diaryl/α,β-unsaturated/α-hetero) is 1. The van der Waals surface area contributed by atoms with E-state index in [1.54, 1.807) is 19.2 Å². The van der Waals surface area contributed by atoms with Crippen LogP contribution in [0.5, 0.6) is 0 Å². The lowest BCUT2D eigenvalue weighted by molar-refractivity contribution is 0.0978. The number of ketones is 1. The second-order valence-corrected chi connectivity index (χ2v) is 5.20. The second-order valence-electron chi connectivity index (χ2n) is 4.28. The fourth-order valence-corrected chi connectivity index (χ4v) is 2.01. The van der Waals surface area contributed by atoms with Gasteiger partial charge in [-0.15, -0.1) is 0 Å². The van der Waals surface area contributed by atoms with Crippen molar-refractivity contribution in [3.8, 4) is 0 Å². The zero-order chi connectivity index (χ0) is 13.8. The van der Waals surface area contributed by atoms with Crippen molar-refractivity contribution in [2.24, 2.45) is 7.05 Å². The second kappa shape index (κ2) is 5.97. The number of hydrogen-bond acceptors (Lipinski definition) is 3. The van der Waals surface area contributed by atoms with Crippen LogP contribution in [0.25, 0.3) is 0 Å². The van der Waals surface area contributed by atoms with Gasteiger partial charge in [-0.2, -0.15) is 5.10 Å². The Bertz CT molecular complexity index is 628. The Hall–Kier alpha value is -1.69. The van der Waals surface area contributed by atoms with Gasteiger partial charge >= 0.3 is 5.69 Å². The van der Waals surface area contributed by atoms with Crippen LogP contribution in [0.3, 0.4) is 0 Å². The highest BCUT2D eigenvalue weighted by atomic mass is 79.9. The number of halogens is 1. The van der Waals surface area contributed by atoms with E-state index in [4.69, 9.17) is 0 Å². The highest BCUT2D eigenvalue weighted by Gasteiger charge is 2.07. The fourth-order valence-electron chi connectivity index (χ4n) is 1.74. The molecule has 100 valence electrons. The van der Waals surface area contributed by atoms with Crippen LogP contribution in [0.15, 0.2) is 39.9 Å². The molecule has 2 rings (SSSR count). The average molecular weight is 324 g/mol. The standard InChI is InChI=1S/C13H14BrN3O2/c1-16-9-15-17(13(16)19)8-2-3-12(18)10-4-6-11(14)7-5-10/h4-7,9H,2-3,8H2,1H3. The summed E-state index contributed by atoms with van der Waals surface area (Å²) in [7, 11) is 1.65. The molecule has 0 atom stereocenters. The van der Waals surface area contributed by atoms with Crippen LogP contribution in [-0.2, 0) is 13.6 Å². The first-order valence-corrected chi connectivity index (χ1v) is 6.74. The lowest BCUT2D eigenvalue weighted by atomic mass is 10.1. The first kappa shape index (κ1) is 13.7. The molecular formula is C13H14BrN3O2. The monoisotopic (exact) mass is 323 g/mol. The molecule has 0 N–H and O–H groups in total. The lowest BCUT2D eigenvalue weighted by Gasteiger charge is -2.01. The quantitative estimate of drug-likeness (QED) is 0.791. The molecule has 0 radical (unpaired) electrons. The highest BCUT2D eigenvalue weighted by molar-refractivity contribution is 9.10. The van der Waals surface area contributed by atoms with Crippen LogP contribution in [0, 0.1) is 0 Å². The fraction of sp³-hybridized carbons (Fsp3) is 0.308. The molecule has 0 saturated heterocycles. The van der Waals surface area contributed by atoms with Crippen molar-refractivity contribution in [3.05, 3.63) is 51.1 Å². The molecular weight excluding hydrogens is 310 g/mol. The van der Waals surface area contributed by atoms with Crippen LogP contribution in [0.4, 0.5) is 0 Å². The summed E-state index contributed by atoms with van der Waals surface area (Å²) in [5, 5.41) is 3.95. The van der Waals surface area contributed by atoms with Crippen LogP contribution in [-0.4, -0.2) is 20.1 Å². The number of aryl methyl sites for hydroxylation is 2. The molecule has 1 aromatic heterocycles. The molecule has 0 fully saturated rings. The Labute approximate surface area is 119 Å². The van der Waals surface area contributed by atoms with E-state index in [0.717, 1.165) is 4.47 Å². The summed E-state index contributed by atoms with van der Waals surface area (Å²) in [5.41, 5.74) is 0.535. The van der Waals surface area contributed by atoms with Gasteiger partial charge in [-0.1, -0.05) is 28.1 Å². The van der Waals surface area contributed by atoms with Gasteiger partial charge in [0.15, 0.2) is 5.78 Å². The van der Waals surface area contributed by atoms with Crippen molar-refractivity contribution in [1.82, 2.24) is 14.3 Å². The van der Waals surface area contributed by atoms with E-state index in [-0.39, 0.29) is 11.5 Å². The Balaban J connectivity index is 1.89. The lowest BCUT2D eigenvalue weighted by Crippen LogP contribution is -2.23. The van der Waals surface area contributed by atoms with Gasteiger partial charge in [0.05, 0.1) is 0 Å². The number of aromatic nitrogens is 3. The zero-order valence-corrected chi connectivity index (χ0v) is 12.1. The summed E-state index contributed by atoms with van der Waals surface area (Å²) < 4.78 is 3.73. The average Bonchev–Trinajstić information content (AvgIpc) is 2.71. The van der Waals surface area contributed by atoms with Crippen LogP contribution in [0.1, 0.15) is 23.2 Å². The Morgan fingerprint density at radius 2 is 2.00 bits per heavy atom. The van der Waals surface area contributed by atoms with Crippen molar-refractivity contribution >= 4 is 21.7 Å². The molecule has 0 unspecified atom stereocenters. The number of rotatable bonds is 5. The predicted octanol–water partition coefficient (Wildman–Crippen LogP) is 2.01. The molecule has 0 aliphatic heterocycles. The number of hydrogen-bond donors (Lipinski definition) is 0. The van der Waals surface area contributed by atoms with Crippen LogP contribution < -0.4 is 5.69 Å². The van der Waals surface area contributed by atoms with E-state index < -0.39 is 0 Å². The minimum Gasteiger partial charge on any atom is -0.294 e. The number of benzene rings is 1. The van der Waals surface area contributed by atoms with Gasteiger partial charge in [0.2, 0.25) is 0 Å². The third-order valence-corrected chi connectivity index (χ3v) is 3.36. The molecule has 1 heterocycles. The van der Waals surface area contributed by atoms with E-state index in [1.807, 2.05) is 12.1 Å². The molecule has 0 amide bonds. The van der Waals surface area contributed by atoms with Gasteiger partial charge in [0, 0.05) is 30.0 Å². The number of nitrogens with zero attached hydrogens (tertiary/aromatic N) is 3. The van der Waals surface area contributed by atoms with Gasteiger partial charge in [-0.05, 0) is 18.6 Å². The summed E-state index contributed by atoms with van der Waals surface area (Å²) in [4.78, 5) is 23.4. The Morgan fingerprint density at radius 1 is 1.32 bits per heavy atom. The normalized spacial score (nSPS) is 10.6. The summed E-state index contributed by atoms with van der Waals surface area (Å²) in [6.07, 6.45) is 2.48. The van der Waals surface area contributed by atoms with Crippen molar-refractivity contribution in [2.45, 2.75) is 19.4 Å². The van der Waals surface area contributed by atoms with Gasteiger partial charge in [-0.25, -0.2) is 9.48 Å². The molecule has 0 aliphatic rings. The van der Waals surface area contributed by atoms with E-state index in [9.17, 15) is 9.59 Å². The Morgan fingerprint density at radius 3 is 2.58 bits per heavy atom. The van der Waals surface area contributed by atoms with Crippen molar-refractivity contribution in [3.63, 3.8) is 0 Å². The summed E-state index contributed by atoms with van der Waals surface area (Å²) in [5.74, 6) is 0.0801. The number of carbonyl (C=O) groups is 1. The van der Waals surface area contributed by atoms with E-state index in [2.05, 4.69) is 21.0 Å². The summed E-state index contributed by atoms with van der Waals surface area (Å²) >= 11 is 3.33. The smallest absolute Gasteiger partial charge is 0.294 e. The molecule has 19 heavy (non-hydrogen) atoms. The third kappa shape index (κ3) is 3.41. The van der Waals surface area contributed by atoms with Crippen LogP contribution in [0.2, 0.25) is 0 Å². The molecule has 2 aromatic rings. The molecule has 0 aliphatic carbocycles. The first-order chi connectivity index (χ1) is 9.08. The maximum Gasteiger partial charge on any atom is 0.345 e. The number of carbonyl (C=O) groups excluding carboxylic acids is 1. The SMILES string of the molecule is Cn1cnn(CCCC(=O)c2ccc(Br)cc2)c1=O. The minimum atomic E-state index is -0.156.